The highest BCUT2D eigenvalue weighted by Gasteiger charge is 2.11. The molecular formula is C14H12BrNO3S. The second-order valence-electron chi connectivity index (χ2n) is 4.01. The number of thiophene rings is 1. The smallest absolute Gasteiger partial charge is 0.348 e. The molecule has 0 aliphatic rings. The zero-order valence-corrected chi connectivity index (χ0v) is 13.1. The van der Waals surface area contributed by atoms with Crippen LogP contribution in [-0.4, -0.2) is 19.0 Å². The summed E-state index contributed by atoms with van der Waals surface area (Å²) >= 11 is 4.56. The summed E-state index contributed by atoms with van der Waals surface area (Å²) in [6.07, 6.45) is 0.283. The Labute approximate surface area is 128 Å². The summed E-state index contributed by atoms with van der Waals surface area (Å²) in [6.45, 7) is 0. The average molecular weight is 354 g/mol. The van der Waals surface area contributed by atoms with Crippen LogP contribution >= 0.6 is 27.3 Å². The summed E-state index contributed by atoms with van der Waals surface area (Å²) in [4.78, 5) is 23.7. The van der Waals surface area contributed by atoms with Crippen LogP contribution in [0.15, 0.2) is 40.9 Å². The normalized spacial score (nSPS) is 10.1. The van der Waals surface area contributed by atoms with E-state index in [0.29, 0.717) is 9.88 Å². The van der Waals surface area contributed by atoms with Gasteiger partial charge in [0.15, 0.2) is 0 Å². The van der Waals surface area contributed by atoms with Crippen molar-refractivity contribution in [2.75, 3.05) is 12.4 Å². The van der Waals surface area contributed by atoms with Gasteiger partial charge >= 0.3 is 5.97 Å². The number of esters is 1. The van der Waals surface area contributed by atoms with Crippen molar-refractivity contribution in [3.63, 3.8) is 0 Å². The van der Waals surface area contributed by atoms with Crippen molar-refractivity contribution < 1.29 is 14.3 Å². The highest BCUT2D eigenvalue weighted by atomic mass is 79.9. The molecule has 0 atom stereocenters. The number of carbonyl (C=O) groups excluding carboxylic acids is 2. The lowest BCUT2D eigenvalue weighted by Gasteiger charge is -2.03. The maximum absolute atomic E-state index is 11.9. The molecule has 1 aromatic heterocycles. The fourth-order valence-corrected chi connectivity index (χ4v) is 2.92. The van der Waals surface area contributed by atoms with Gasteiger partial charge in [0, 0.05) is 4.47 Å². The van der Waals surface area contributed by atoms with E-state index in [2.05, 4.69) is 26.0 Å². The molecule has 20 heavy (non-hydrogen) atoms. The standard InChI is InChI=1S/C14H12BrNO3S/c1-19-14(18)11-5-6-13(20-11)16-12(17)8-9-3-2-4-10(15)7-9/h2-7H,8H2,1H3,(H,16,17). The van der Waals surface area contributed by atoms with Crippen LogP contribution in [-0.2, 0) is 16.0 Å². The Morgan fingerprint density at radius 1 is 1.30 bits per heavy atom. The third kappa shape index (κ3) is 3.91. The summed E-state index contributed by atoms with van der Waals surface area (Å²) in [6, 6.07) is 10.9. The fraction of sp³-hybridized carbons (Fsp3) is 0.143. The van der Waals surface area contributed by atoms with E-state index in [9.17, 15) is 9.59 Å². The molecule has 0 saturated carbocycles. The van der Waals surface area contributed by atoms with E-state index in [1.807, 2.05) is 24.3 Å². The number of hydrogen-bond donors (Lipinski definition) is 1. The minimum Gasteiger partial charge on any atom is -0.465 e. The number of carbonyl (C=O) groups is 2. The van der Waals surface area contributed by atoms with Crippen molar-refractivity contribution in [2.24, 2.45) is 0 Å². The first kappa shape index (κ1) is 14.7. The molecule has 0 spiro atoms. The van der Waals surface area contributed by atoms with Gasteiger partial charge in [-0.25, -0.2) is 4.79 Å². The minimum atomic E-state index is -0.400. The first-order valence-corrected chi connectivity index (χ1v) is 7.42. The van der Waals surface area contributed by atoms with E-state index >= 15 is 0 Å². The largest absolute Gasteiger partial charge is 0.465 e. The van der Waals surface area contributed by atoms with Crippen molar-refractivity contribution in [1.29, 1.82) is 0 Å². The number of nitrogens with one attached hydrogen (secondary N) is 1. The van der Waals surface area contributed by atoms with Crippen LogP contribution in [0, 0.1) is 0 Å². The van der Waals surface area contributed by atoms with Gasteiger partial charge in [-0.1, -0.05) is 28.1 Å². The number of anilines is 1. The van der Waals surface area contributed by atoms with E-state index in [1.165, 1.54) is 18.4 Å². The number of ether oxygens (including phenoxy) is 1. The zero-order chi connectivity index (χ0) is 14.5. The Kier molecular flexibility index (Phi) is 4.92. The molecule has 0 fully saturated rings. The fourth-order valence-electron chi connectivity index (χ4n) is 1.63. The first-order chi connectivity index (χ1) is 9.58. The van der Waals surface area contributed by atoms with Crippen molar-refractivity contribution in [3.05, 3.63) is 51.3 Å². The molecule has 1 N–H and O–H groups in total. The molecule has 0 radical (unpaired) electrons. The number of benzene rings is 1. The number of hydrogen-bond acceptors (Lipinski definition) is 4. The number of amides is 1. The SMILES string of the molecule is COC(=O)c1ccc(NC(=O)Cc2cccc(Br)c2)s1. The summed E-state index contributed by atoms with van der Waals surface area (Å²) in [5, 5.41) is 3.40. The van der Waals surface area contributed by atoms with Crippen LogP contribution in [0.4, 0.5) is 5.00 Å². The second-order valence-corrected chi connectivity index (χ2v) is 6.01. The molecule has 0 aliphatic heterocycles. The summed E-state index contributed by atoms with van der Waals surface area (Å²) in [5.41, 5.74) is 0.918. The predicted molar refractivity (Wildman–Crippen MR) is 82.1 cm³/mol. The average Bonchev–Trinajstić information content (AvgIpc) is 2.86. The van der Waals surface area contributed by atoms with Gasteiger partial charge in [-0.3, -0.25) is 4.79 Å². The van der Waals surface area contributed by atoms with Crippen molar-refractivity contribution in [1.82, 2.24) is 0 Å². The van der Waals surface area contributed by atoms with Gasteiger partial charge in [0.25, 0.3) is 0 Å². The van der Waals surface area contributed by atoms with Crippen LogP contribution in [0.3, 0.4) is 0 Å². The molecule has 0 unspecified atom stereocenters. The molecule has 0 saturated heterocycles. The molecule has 1 amide bonds. The van der Waals surface area contributed by atoms with E-state index in [4.69, 9.17) is 0 Å². The highest BCUT2D eigenvalue weighted by Crippen LogP contribution is 2.22. The number of methoxy groups -OCH3 is 1. The second kappa shape index (κ2) is 6.67. The van der Waals surface area contributed by atoms with Gasteiger partial charge in [-0.2, -0.15) is 0 Å². The third-order valence-corrected chi connectivity index (χ3v) is 3.98. The Bertz CT molecular complexity index is 639. The number of halogens is 1. The molecule has 1 aromatic carbocycles. The Hall–Kier alpha value is -1.66. The Morgan fingerprint density at radius 2 is 2.10 bits per heavy atom. The van der Waals surface area contributed by atoms with Crippen LogP contribution in [0.1, 0.15) is 15.2 Å². The monoisotopic (exact) mass is 353 g/mol. The molecule has 6 heteroatoms. The molecule has 0 bridgehead atoms. The van der Waals surface area contributed by atoms with Gasteiger partial charge in [0.2, 0.25) is 5.91 Å². The topological polar surface area (TPSA) is 55.4 Å². The zero-order valence-electron chi connectivity index (χ0n) is 10.7. The number of rotatable bonds is 4. The van der Waals surface area contributed by atoms with Crippen LogP contribution in [0.25, 0.3) is 0 Å². The summed E-state index contributed by atoms with van der Waals surface area (Å²) in [5.74, 6) is -0.524. The van der Waals surface area contributed by atoms with Gasteiger partial charge in [0.1, 0.15) is 4.88 Å². The Morgan fingerprint density at radius 3 is 2.80 bits per heavy atom. The van der Waals surface area contributed by atoms with Crippen LogP contribution < -0.4 is 5.32 Å². The van der Waals surface area contributed by atoms with Gasteiger partial charge < -0.3 is 10.1 Å². The molecular weight excluding hydrogens is 342 g/mol. The minimum absolute atomic E-state index is 0.124. The molecule has 2 rings (SSSR count). The molecule has 104 valence electrons. The van der Waals surface area contributed by atoms with Crippen molar-refractivity contribution >= 4 is 44.1 Å². The predicted octanol–water partition coefficient (Wildman–Crippen LogP) is 3.48. The molecule has 4 nitrogen and oxygen atoms in total. The molecule has 0 aliphatic carbocycles. The maximum atomic E-state index is 11.9. The third-order valence-electron chi connectivity index (χ3n) is 2.51. The maximum Gasteiger partial charge on any atom is 0.348 e. The van der Waals surface area contributed by atoms with E-state index in [1.54, 1.807) is 12.1 Å². The summed E-state index contributed by atoms with van der Waals surface area (Å²) < 4.78 is 5.55. The van der Waals surface area contributed by atoms with Gasteiger partial charge in [0.05, 0.1) is 18.5 Å². The van der Waals surface area contributed by atoms with Crippen LogP contribution in [0.2, 0.25) is 0 Å². The lowest BCUT2D eigenvalue weighted by atomic mass is 10.1. The van der Waals surface area contributed by atoms with E-state index < -0.39 is 5.97 Å². The van der Waals surface area contributed by atoms with E-state index in [-0.39, 0.29) is 12.3 Å². The van der Waals surface area contributed by atoms with Crippen LogP contribution in [0.5, 0.6) is 0 Å². The van der Waals surface area contributed by atoms with Gasteiger partial charge in [-0.15, -0.1) is 11.3 Å². The quantitative estimate of drug-likeness (QED) is 0.856. The lowest BCUT2D eigenvalue weighted by molar-refractivity contribution is -0.115. The van der Waals surface area contributed by atoms with Crippen molar-refractivity contribution in [2.45, 2.75) is 6.42 Å². The lowest BCUT2D eigenvalue weighted by Crippen LogP contribution is -2.13. The molecule has 1 heterocycles. The first-order valence-electron chi connectivity index (χ1n) is 5.81. The van der Waals surface area contributed by atoms with E-state index in [0.717, 1.165) is 10.0 Å². The molecule has 2 aromatic rings. The van der Waals surface area contributed by atoms with Crippen molar-refractivity contribution in [3.8, 4) is 0 Å². The highest BCUT2D eigenvalue weighted by molar-refractivity contribution is 9.10. The van der Waals surface area contributed by atoms with Gasteiger partial charge in [-0.05, 0) is 29.8 Å². The summed E-state index contributed by atoms with van der Waals surface area (Å²) in [7, 11) is 1.33. The Balaban J connectivity index is 1.98.